The lowest BCUT2D eigenvalue weighted by atomic mass is 10.2. The van der Waals surface area contributed by atoms with Crippen molar-refractivity contribution in [2.24, 2.45) is 0 Å². The molecule has 0 unspecified atom stereocenters. The second kappa shape index (κ2) is 4.22. The van der Waals surface area contributed by atoms with Gasteiger partial charge in [-0.15, -0.1) is 11.8 Å². The Morgan fingerprint density at radius 3 is 2.50 bits per heavy atom. The zero-order valence-corrected chi connectivity index (χ0v) is 9.78. The summed E-state index contributed by atoms with van der Waals surface area (Å²) in [6.45, 7) is 1.02. The molecule has 0 fully saturated rings. The highest BCUT2D eigenvalue weighted by Gasteiger charge is 2.15. The fourth-order valence-corrected chi connectivity index (χ4v) is 3.01. The van der Waals surface area contributed by atoms with Crippen molar-refractivity contribution in [2.75, 3.05) is 10.8 Å². The second-order valence-corrected chi connectivity index (χ2v) is 4.90. The molecule has 0 aromatic heterocycles. The minimum Gasteiger partial charge on any atom is -0.358 e. The lowest BCUT2D eigenvalue weighted by Gasteiger charge is -2.30. The number of anilines is 1. The molecule has 0 aliphatic carbocycles. The van der Waals surface area contributed by atoms with Crippen LogP contribution in [-0.4, -0.2) is 5.88 Å². The number of rotatable bonds is 1. The Bertz CT molecular complexity index is 481. The van der Waals surface area contributed by atoms with Crippen LogP contribution in [0, 0.1) is 0 Å². The van der Waals surface area contributed by atoms with Crippen molar-refractivity contribution < 1.29 is 0 Å². The molecule has 1 aliphatic rings. The maximum absolute atomic E-state index is 2.41. The van der Waals surface area contributed by atoms with Crippen LogP contribution in [0.5, 0.6) is 0 Å². The third kappa shape index (κ3) is 1.81. The minimum atomic E-state index is 1.02. The lowest BCUT2D eigenvalue weighted by molar-refractivity contribution is 0.866. The Hall–Kier alpha value is -1.41. The summed E-state index contributed by atoms with van der Waals surface area (Å²) < 4.78 is 0. The fourth-order valence-electron chi connectivity index (χ4n) is 1.98. The van der Waals surface area contributed by atoms with E-state index in [1.165, 1.54) is 16.1 Å². The van der Waals surface area contributed by atoms with Gasteiger partial charge < -0.3 is 4.90 Å². The molecule has 1 nitrogen and oxygen atoms in total. The predicted molar refractivity (Wildman–Crippen MR) is 69.8 cm³/mol. The van der Waals surface area contributed by atoms with Crippen LogP contribution in [0.15, 0.2) is 59.5 Å². The smallest absolute Gasteiger partial charge is 0.0689 e. The first-order valence-electron chi connectivity index (χ1n) is 5.44. The zero-order chi connectivity index (χ0) is 10.8. The SMILES string of the molecule is c1ccc(N2CSc3ccccc3C2)cc1. The number of para-hydroxylation sites is 1. The minimum absolute atomic E-state index is 1.02. The first-order chi connectivity index (χ1) is 7.93. The van der Waals surface area contributed by atoms with Crippen molar-refractivity contribution in [1.29, 1.82) is 0 Å². The van der Waals surface area contributed by atoms with Crippen LogP contribution in [0.4, 0.5) is 5.69 Å². The van der Waals surface area contributed by atoms with Gasteiger partial charge in [0.05, 0.1) is 5.88 Å². The van der Waals surface area contributed by atoms with Gasteiger partial charge in [0.15, 0.2) is 0 Å². The van der Waals surface area contributed by atoms with Gasteiger partial charge in [-0.1, -0.05) is 36.4 Å². The third-order valence-corrected chi connectivity index (χ3v) is 3.98. The summed E-state index contributed by atoms with van der Waals surface area (Å²) in [5.41, 5.74) is 2.74. The molecule has 3 rings (SSSR count). The summed E-state index contributed by atoms with van der Waals surface area (Å²) in [6.07, 6.45) is 0. The van der Waals surface area contributed by atoms with Crippen molar-refractivity contribution in [3.63, 3.8) is 0 Å². The summed E-state index contributed by atoms with van der Waals surface area (Å²) in [6, 6.07) is 19.3. The molecular weight excluding hydrogens is 214 g/mol. The molecule has 0 atom stereocenters. The van der Waals surface area contributed by atoms with Gasteiger partial charge in [-0.25, -0.2) is 0 Å². The molecule has 2 heteroatoms. The van der Waals surface area contributed by atoms with Crippen LogP contribution >= 0.6 is 11.8 Å². The molecule has 16 heavy (non-hydrogen) atoms. The highest BCUT2D eigenvalue weighted by molar-refractivity contribution is 7.99. The molecule has 0 saturated heterocycles. The standard InChI is InChI=1S/C14H13NS/c1-2-7-13(8-3-1)15-10-12-6-4-5-9-14(12)16-11-15/h1-9H,10-11H2. The molecule has 0 spiro atoms. The van der Waals surface area contributed by atoms with Crippen molar-refractivity contribution in [3.05, 3.63) is 60.2 Å². The van der Waals surface area contributed by atoms with E-state index in [1.54, 1.807) is 0 Å². The molecule has 1 aliphatic heterocycles. The highest BCUT2D eigenvalue weighted by Crippen LogP contribution is 2.32. The molecular formula is C14H13NS. The molecule has 1 heterocycles. The fraction of sp³-hybridized carbons (Fsp3) is 0.143. The van der Waals surface area contributed by atoms with Crippen molar-refractivity contribution in [2.45, 2.75) is 11.4 Å². The molecule has 0 bridgehead atoms. The van der Waals surface area contributed by atoms with Gasteiger partial charge in [-0.3, -0.25) is 0 Å². The van der Waals surface area contributed by atoms with Gasteiger partial charge in [0.2, 0.25) is 0 Å². The summed E-state index contributed by atoms with van der Waals surface area (Å²) in [7, 11) is 0. The number of thioether (sulfide) groups is 1. The molecule has 2 aromatic rings. The number of hydrogen-bond acceptors (Lipinski definition) is 2. The number of hydrogen-bond donors (Lipinski definition) is 0. The van der Waals surface area contributed by atoms with Gasteiger partial charge in [0.25, 0.3) is 0 Å². The molecule has 2 aromatic carbocycles. The van der Waals surface area contributed by atoms with E-state index in [-0.39, 0.29) is 0 Å². The van der Waals surface area contributed by atoms with Gasteiger partial charge >= 0.3 is 0 Å². The maximum atomic E-state index is 2.41. The average Bonchev–Trinajstić information content (AvgIpc) is 2.39. The zero-order valence-electron chi connectivity index (χ0n) is 8.97. The van der Waals surface area contributed by atoms with Crippen molar-refractivity contribution >= 4 is 17.4 Å². The second-order valence-electron chi connectivity index (χ2n) is 3.91. The van der Waals surface area contributed by atoms with Crippen LogP contribution in [0.25, 0.3) is 0 Å². The Kier molecular flexibility index (Phi) is 2.58. The van der Waals surface area contributed by atoms with E-state index < -0.39 is 0 Å². The number of fused-ring (bicyclic) bond motifs is 1. The third-order valence-electron chi connectivity index (χ3n) is 2.83. The van der Waals surface area contributed by atoms with E-state index in [2.05, 4.69) is 59.5 Å². The average molecular weight is 227 g/mol. The highest BCUT2D eigenvalue weighted by atomic mass is 32.2. The first kappa shape index (κ1) is 9.79. The Labute approximate surface area is 100 Å². The van der Waals surface area contributed by atoms with Crippen LogP contribution in [-0.2, 0) is 6.54 Å². The topological polar surface area (TPSA) is 3.24 Å². The molecule has 0 amide bonds. The van der Waals surface area contributed by atoms with E-state index >= 15 is 0 Å². The quantitative estimate of drug-likeness (QED) is 0.730. The van der Waals surface area contributed by atoms with Gasteiger partial charge in [0.1, 0.15) is 0 Å². The maximum Gasteiger partial charge on any atom is 0.0689 e. The van der Waals surface area contributed by atoms with Crippen LogP contribution < -0.4 is 4.90 Å². The van der Waals surface area contributed by atoms with Crippen LogP contribution in [0.2, 0.25) is 0 Å². The van der Waals surface area contributed by atoms with E-state index in [4.69, 9.17) is 0 Å². The van der Waals surface area contributed by atoms with Crippen LogP contribution in [0.3, 0.4) is 0 Å². The lowest BCUT2D eigenvalue weighted by Crippen LogP contribution is -2.25. The Morgan fingerprint density at radius 1 is 0.875 bits per heavy atom. The van der Waals surface area contributed by atoms with Crippen molar-refractivity contribution in [1.82, 2.24) is 0 Å². The number of nitrogens with zero attached hydrogens (tertiary/aromatic N) is 1. The predicted octanol–water partition coefficient (Wildman–Crippen LogP) is 3.76. The molecule has 0 saturated carbocycles. The van der Waals surface area contributed by atoms with Gasteiger partial charge in [0, 0.05) is 17.1 Å². The number of benzene rings is 2. The molecule has 0 radical (unpaired) electrons. The molecule has 80 valence electrons. The summed E-state index contributed by atoms with van der Waals surface area (Å²) in [5.74, 6) is 1.04. The Morgan fingerprint density at radius 2 is 1.62 bits per heavy atom. The Balaban J connectivity index is 1.89. The van der Waals surface area contributed by atoms with Crippen molar-refractivity contribution in [3.8, 4) is 0 Å². The van der Waals surface area contributed by atoms with Crippen LogP contribution in [0.1, 0.15) is 5.56 Å². The van der Waals surface area contributed by atoms with E-state index in [0.29, 0.717) is 0 Å². The molecule has 0 N–H and O–H groups in total. The summed E-state index contributed by atoms with van der Waals surface area (Å²) in [4.78, 5) is 3.84. The van der Waals surface area contributed by atoms with E-state index in [9.17, 15) is 0 Å². The van der Waals surface area contributed by atoms with Gasteiger partial charge in [-0.2, -0.15) is 0 Å². The monoisotopic (exact) mass is 227 g/mol. The summed E-state index contributed by atoms with van der Waals surface area (Å²) in [5, 5.41) is 0. The summed E-state index contributed by atoms with van der Waals surface area (Å²) >= 11 is 1.92. The van der Waals surface area contributed by atoms with E-state index in [0.717, 1.165) is 12.4 Å². The first-order valence-corrected chi connectivity index (χ1v) is 6.43. The normalized spacial score (nSPS) is 14.6. The van der Waals surface area contributed by atoms with E-state index in [1.807, 2.05) is 11.8 Å². The van der Waals surface area contributed by atoms with Gasteiger partial charge in [-0.05, 0) is 23.8 Å². The largest absolute Gasteiger partial charge is 0.358 e.